The van der Waals surface area contributed by atoms with Gasteiger partial charge >= 0.3 is 6.18 Å². The van der Waals surface area contributed by atoms with Gasteiger partial charge in [-0.15, -0.1) is 0 Å². The van der Waals surface area contributed by atoms with Crippen LogP contribution in [0.4, 0.5) is 17.6 Å². The third kappa shape index (κ3) is 4.14. The first kappa shape index (κ1) is 23.1. The molecule has 0 radical (unpaired) electrons. The zero-order valence-electron chi connectivity index (χ0n) is 18.2. The van der Waals surface area contributed by atoms with Gasteiger partial charge < -0.3 is 9.72 Å². The number of halogens is 4. The van der Waals surface area contributed by atoms with E-state index in [0.717, 1.165) is 12.1 Å². The largest absolute Gasteiger partial charge is 0.438 e. The molecule has 0 atom stereocenters. The smallest absolute Gasteiger partial charge is 0.418 e. The van der Waals surface area contributed by atoms with Crippen molar-refractivity contribution in [3.8, 4) is 22.9 Å². The maximum absolute atomic E-state index is 13.6. The number of carbonyl (C=O) groups is 1. The van der Waals surface area contributed by atoms with Crippen molar-refractivity contribution < 1.29 is 27.1 Å². The lowest BCUT2D eigenvalue weighted by Gasteiger charge is -2.18. The third-order valence-electron chi connectivity index (χ3n) is 5.30. The van der Waals surface area contributed by atoms with Crippen LogP contribution in [0.25, 0.3) is 22.2 Å². The molecule has 4 aromatic rings. The lowest BCUT2D eigenvalue weighted by atomic mass is 10.0. The van der Waals surface area contributed by atoms with Crippen LogP contribution in [0, 0.1) is 19.7 Å². The third-order valence-corrected chi connectivity index (χ3v) is 5.30. The molecule has 0 unspecified atom stereocenters. The Hall–Kier alpha value is -4.08. The lowest BCUT2D eigenvalue weighted by Crippen LogP contribution is -2.13. The van der Waals surface area contributed by atoms with Crippen LogP contribution in [-0.2, 0) is 6.18 Å². The van der Waals surface area contributed by atoms with Crippen molar-refractivity contribution in [3.05, 3.63) is 81.2 Å². The van der Waals surface area contributed by atoms with Gasteiger partial charge in [-0.1, -0.05) is 0 Å². The second-order valence-corrected chi connectivity index (χ2v) is 7.67. The Morgan fingerprint density at radius 1 is 1.09 bits per heavy atom. The molecule has 1 aromatic carbocycles. The molecular formula is C24H17F4N3O3. The number of aromatic amines is 1. The predicted molar refractivity (Wildman–Crippen MR) is 117 cm³/mol. The summed E-state index contributed by atoms with van der Waals surface area (Å²) in [6.07, 6.45) is -2.75. The monoisotopic (exact) mass is 471 g/mol. The molecule has 1 N–H and O–H groups in total. The molecule has 174 valence electrons. The second kappa shape index (κ2) is 8.36. The predicted octanol–water partition coefficient (Wildman–Crippen LogP) is 5.75. The van der Waals surface area contributed by atoms with Gasteiger partial charge in [0.2, 0.25) is 5.88 Å². The van der Waals surface area contributed by atoms with Crippen LogP contribution in [-0.4, -0.2) is 20.7 Å². The number of pyridine rings is 3. The normalized spacial score (nSPS) is 11.6. The molecule has 4 rings (SSSR count). The summed E-state index contributed by atoms with van der Waals surface area (Å²) < 4.78 is 60.2. The van der Waals surface area contributed by atoms with Gasteiger partial charge in [0, 0.05) is 25.4 Å². The number of carbonyl (C=O) groups excluding carboxylic acids is 1. The summed E-state index contributed by atoms with van der Waals surface area (Å²) in [6.45, 7) is 4.07. The number of aryl methyl sites for hydroxylation is 1. The molecule has 0 amide bonds. The van der Waals surface area contributed by atoms with Crippen LogP contribution in [0.1, 0.15) is 34.1 Å². The number of nitrogens with one attached hydrogen (secondary N) is 1. The van der Waals surface area contributed by atoms with Crippen molar-refractivity contribution in [1.82, 2.24) is 15.0 Å². The van der Waals surface area contributed by atoms with Crippen molar-refractivity contribution in [2.75, 3.05) is 0 Å². The Labute approximate surface area is 190 Å². The molecule has 0 fully saturated rings. The van der Waals surface area contributed by atoms with E-state index in [1.165, 1.54) is 38.2 Å². The molecule has 0 bridgehead atoms. The highest BCUT2D eigenvalue weighted by atomic mass is 19.4. The molecule has 6 nitrogen and oxygen atoms in total. The van der Waals surface area contributed by atoms with Crippen LogP contribution < -0.4 is 10.2 Å². The number of aromatic nitrogens is 3. The van der Waals surface area contributed by atoms with E-state index in [4.69, 9.17) is 4.74 Å². The minimum atomic E-state index is -4.71. The first-order valence-electron chi connectivity index (χ1n) is 10.0. The van der Waals surface area contributed by atoms with Crippen LogP contribution in [0.15, 0.2) is 47.5 Å². The molecule has 0 saturated heterocycles. The lowest BCUT2D eigenvalue weighted by molar-refractivity contribution is -0.138. The summed E-state index contributed by atoms with van der Waals surface area (Å²) in [5.41, 5.74) is -1.38. The average molecular weight is 471 g/mol. The topological polar surface area (TPSA) is 84.9 Å². The number of alkyl halides is 3. The molecule has 34 heavy (non-hydrogen) atoms. The molecule has 0 spiro atoms. The van der Waals surface area contributed by atoms with Gasteiger partial charge in [0.05, 0.1) is 27.7 Å². The molecule has 0 saturated carbocycles. The van der Waals surface area contributed by atoms with Gasteiger partial charge in [0.25, 0.3) is 0 Å². The van der Waals surface area contributed by atoms with Crippen LogP contribution in [0.2, 0.25) is 0 Å². The number of H-pyrrole nitrogens is 1. The number of rotatable bonds is 4. The number of ketones is 1. The Morgan fingerprint density at radius 2 is 1.82 bits per heavy atom. The van der Waals surface area contributed by atoms with E-state index in [-0.39, 0.29) is 45.0 Å². The summed E-state index contributed by atoms with van der Waals surface area (Å²) >= 11 is 0. The van der Waals surface area contributed by atoms with Crippen molar-refractivity contribution in [2.24, 2.45) is 0 Å². The molecule has 10 heteroatoms. The molecule has 0 aliphatic heterocycles. The maximum atomic E-state index is 13.6. The van der Waals surface area contributed by atoms with Crippen molar-refractivity contribution in [3.63, 3.8) is 0 Å². The van der Waals surface area contributed by atoms with Gasteiger partial charge in [-0.05, 0) is 49.2 Å². The van der Waals surface area contributed by atoms with E-state index in [2.05, 4.69) is 15.0 Å². The Balaban J connectivity index is 1.99. The van der Waals surface area contributed by atoms with Crippen LogP contribution >= 0.6 is 0 Å². The van der Waals surface area contributed by atoms with E-state index in [1.54, 1.807) is 6.92 Å². The first-order chi connectivity index (χ1) is 16.0. The van der Waals surface area contributed by atoms with E-state index in [9.17, 15) is 27.2 Å². The minimum absolute atomic E-state index is 0.00377. The second-order valence-electron chi connectivity index (χ2n) is 7.67. The number of hydrogen-bond donors (Lipinski definition) is 1. The quantitative estimate of drug-likeness (QED) is 0.302. The fourth-order valence-electron chi connectivity index (χ4n) is 3.69. The zero-order valence-corrected chi connectivity index (χ0v) is 18.2. The SMILES string of the molecule is CC(=O)c1nccc2[nH]c(-c3c(Oc4ccc(F)cc4C)ncc(C(F)(F)F)c3C)cc(=O)c12. The van der Waals surface area contributed by atoms with Gasteiger partial charge in [-0.2, -0.15) is 13.2 Å². The Kier molecular flexibility index (Phi) is 5.68. The van der Waals surface area contributed by atoms with E-state index in [0.29, 0.717) is 11.8 Å². The molecule has 3 heterocycles. The number of benzene rings is 1. The summed E-state index contributed by atoms with van der Waals surface area (Å²) in [5.74, 6) is -0.969. The molecule has 3 aromatic heterocycles. The van der Waals surface area contributed by atoms with E-state index >= 15 is 0 Å². The van der Waals surface area contributed by atoms with Gasteiger partial charge in [-0.25, -0.2) is 9.37 Å². The Bertz CT molecular complexity index is 1510. The summed E-state index contributed by atoms with van der Waals surface area (Å²) in [6, 6.07) is 6.20. The minimum Gasteiger partial charge on any atom is -0.438 e. The van der Waals surface area contributed by atoms with E-state index in [1.807, 2.05) is 0 Å². The number of hydrogen-bond acceptors (Lipinski definition) is 5. The first-order valence-corrected chi connectivity index (χ1v) is 10.0. The average Bonchev–Trinajstić information content (AvgIpc) is 2.74. The summed E-state index contributed by atoms with van der Waals surface area (Å²) in [4.78, 5) is 35.5. The fraction of sp³-hybridized carbons (Fsp3) is 0.167. The van der Waals surface area contributed by atoms with Gasteiger partial charge in [0.15, 0.2) is 11.2 Å². The summed E-state index contributed by atoms with van der Waals surface area (Å²) in [5, 5.41) is 0.0215. The molecule has 0 aliphatic rings. The number of Topliss-reactive ketones (excluding diaryl/α,β-unsaturated/α-hetero) is 1. The van der Waals surface area contributed by atoms with Crippen molar-refractivity contribution in [1.29, 1.82) is 0 Å². The highest BCUT2D eigenvalue weighted by Crippen LogP contribution is 2.41. The van der Waals surface area contributed by atoms with Crippen molar-refractivity contribution in [2.45, 2.75) is 26.9 Å². The van der Waals surface area contributed by atoms with Crippen LogP contribution in [0.5, 0.6) is 11.6 Å². The number of fused-ring (bicyclic) bond motifs is 1. The highest BCUT2D eigenvalue weighted by Gasteiger charge is 2.35. The number of nitrogens with zero attached hydrogens (tertiary/aromatic N) is 2. The van der Waals surface area contributed by atoms with Gasteiger partial charge in [0.1, 0.15) is 17.3 Å². The standard InChI is InChI=1S/C24H17F4N3O3/c1-11-8-14(25)4-5-19(11)34-23-20(12(2)15(10-30-23)24(26,27)28)17-9-18(33)21-16(31-17)6-7-29-22(21)13(3)32/h4-10H,1-3H3,(H,31,33). The van der Waals surface area contributed by atoms with Gasteiger partial charge in [-0.3, -0.25) is 14.6 Å². The van der Waals surface area contributed by atoms with Crippen LogP contribution in [0.3, 0.4) is 0 Å². The zero-order chi connectivity index (χ0) is 24.8. The maximum Gasteiger partial charge on any atom is 0.418 e. The number of ether oxygens (including phenoxy) is 1. The van der Waals surface area contributed by atoms with E-state index < -0.39 is 28.8 Å². The molecule has 0 aliphatic carbocycles. The molecular weight excluding hydrogens is 454 g/mol. The highest BCUT2D eigenvalue weighted by molar-refractivity contribution is 6.04. The van der Waals surface area contributed by atoms with Crippen molar-refractivity contribution >= 4 is 16.7 Å². The Morgan fingerprint density at radius 3 is 2.47 bits per heavy atom. The summed E-state index contributed by atoms with van der Waals surface area (Å²) in [7, 11) is 0. The fourth-order valence-corrected chi connectivity index (χ4v) is 3.69.